The third-order valence-corrected chi connectivity index (χ3v) is 4.23. The lowest BCUT2D eigenvalue weighted by Crippen LogP contribution is -2.32. The van der Waals surface area contributed by atoms with Gasteiger partial charge in [-0.05, 0) is 37.6 Å². The summed E-state index contributed by atoms with van der Waals surface area (Å²) in [6.07, 6.45) is 4.15. The molecule has 3 rings (SSSR count). The van der Waals surface area contributed by atoms with Crippen molar-refractivity contribution in [3.63, 3.8) is 0 Å². The average molecular weight is 356 g/mol. The van der Waals surface area contributed by atoms with Crippen molar-refractivity contribution in [2.45, 2.75) is 26.3 Å². The van der Waals surface area contributed by atoms with Crippen molar-refractivity contribution in [2.75, 3.05) is 0 Å². The summed E-state index contributed by atoms with van der Waals surface area (Å²) in [7, 11) is 0. The van der Waals surface area contributed by atoms with Crippen LogP contribution in [0.25, 0.3) is 16.9 Å². The van der Waals surface area contributed by atoms with E-state index in [2.05, 4.69) is 20.6 Å². The monoisotopic (exact) mass is 355 g/mol. The van der Waals surface area contributed by atoms with Crippen molar-refractivity contribution in [1.82, 2.24) is 25.3 Å². The van der Waals surface area contributed by atoms with Crippen molar-refractivity contribution in [1.29, 1.82) is 0 Å². The molecule has 0 aliphatic rings. The molecule has 0 saturated heterocycles. The summed E-state index contributed by atoms with van der Waals surface area (Å²) < 4.78 is 1.59. The molecule has 0 radical (unpaired) electrons. The van der Waals surface area contributed by atoms with Gasteiger partial charge < -0.3 is 5.32 Å². The number of carbonyl (C=O) groups is 1. The summed E-state index contributed by atoms with van der Waals surface area (Å²) >= 11 is 6.31. The van der Waals surface area contributed by atoms with Gasteiger partial charge in [-0.25, -0.2) is 4.68 Å². The zero-order valence-corrected chi connectivity index (χ0v) is 14.7. The van der Waals surface area contributed by atoms with E-state index >= 15 is 0 Å². The molecule has 0 saturated carbocycles. The van der Waals surface area contributed by atoms with E-state index in [0.717, 1.165) is 12.0 Å². The zero-order chi connectivity index (χ0) is 17.8. The van der Waals surface area contributed by atoms with E-state index in [1.807, 2.05) is 44.2 Å². The molecule has 1 N–H and O–H groups in total. The zero-order valence-electron chi connectivity index (χ0n) is 14.0. The summed E-state index contributed by atoms with van der Waals surface area (Å²) in [6.45, 7) is 3.96. The van der Waals surface area contributed by atoms with Gasteiger partial charge in [0.25, 0.3) is 5.91 Å². The van der Waals surface area contributed by atoms with Crippen molar-refractivity contribution >= 4 is 17.5 Å². The minimum absolute atomic E-state index is 0.0447. The number of halogens is 1. The van der Waals surface area contributed by atoms with Crippen molar-refractivity contribution in [3.8, 4) is 16.9 Å². The minimum Gasteiger partial charge on any atom is -0.348 e. The van der Waals surface area contributed by atoms with E-state index in [-0.39, 0.29) is 17.6 Å². The molecule has 128 valence electrons. The molecule has 6 nitrogen and oxygen atoms in total. The van der Waals surface area contributed by atoms with Gasteiger partial charge in [-0.15, -0.1) is 5.10 Å². The number of aromatic nitrogens is 4. The Labute approximate surface area is 150 Å². The second kappa shape index (κ2) is 7.44. The van der Waals surface area contributed by atoms with Gasteiger partial charge in [-0.2, -0.15) is 0 Å². The number of hydrogen-bond donors (Lipinski definition) is 1. The molecule has 0 aliphatic heterocycles. The van der Waals surface area contributed by atoms with Crippen LogP contribution in [0.5, 0.6) is 0 Å². The van der Waals surface area contributed by atoms with Gasteiger partial charge in [0, 0.05) is 24.0 Å². The molecule has 0 spiro atoms. The molecule has 1 aromatic carbocycles. The first kappa shape index (κ1) is 17.1. The molecule has 0 aliphatic carbocycles. The number of pyridine rings is 1. The maximum atomic E-state index is 12.7. The van der Waals surface area contributed by atoms with Gasteiger partial charge in [0.05, 0.1) is 10.7 Å². The maximum Gasteiger partial charge on any atom is 0.274 e. The van der Waals surface area contributed by atoms with Crippen LogP contribution >= 0.6 is 11.6 Å². The van der Waals surface area contributed by atoms with Crippen LogP contribution in [0.1, 0.15) is 30.8 Å². The van der Waals surface area contributed by atoms with Crippen LogP contribution in [-0.4, -0.2) is 31.9 Å². The molecule has 7 heteroatoms. The Kier molecular flexibility index (Phi) is 5.09. The Bertz CT molecular complexity index is 878. The molecule has 1 unspecified atom stereocenters. The first-order valence-electron chi connectivity index (χ1n) is 8.03. The number of para-hydroxylation sites is 1. The Morgan fingerprint density at radius 3 is 2.64 bits per heavy atom. The van der Waals surface area contributed by atoms with Crippen LogP contribution in [0.4, 0.5) is 0 Å². The lowest BCUT2D eigenvalue weighted by atomic mass is 10.1. The largest absolute Gasteiger partial charge is 0.348 e. The standard InChI is InChI=1S/C18H18ClN5O/c1-3-12(2)21-18(25)16-17(13-8-10-20-11-9-13)24(23-22-16)15-7-5-4-6-14(15)19/h4-12H,3H2,1-2H3,(H,21,25). The number of rotatable bonds is 5. The predicted octanol–water partition coefficient (Wildman–Crippen LogP) is 3.51. The van der Waals surface area contributed by atoms with Gasteiger partial charge in [0.1, 0.15) is 5.69 Å². The highest BCUT2D eigenvalue weighted by Crippen LogP contribution is 2.28. The first-order chi connectivity index (χ1) is 12.1. The Balaban J connectivity index is 2.15. The van der Waals surface area contributed by atoms with E-state index in [9.17, 15) is 4.79 Å². The molecule has 3 aromatic rings. The second-order valence-corrected chi connectivity index (χ2v) is 6.08. The number of carbonyl (C=O) groups excluding carboxylic acids is 1. The number of nitrogens with zero attached hydrogens (tertiary/aromatic N) is 4. The first-order valence-corrected chi connectivity index (χ1v) is 8.41. The highest BCUT2D eigenvalue weighted by molar-refractivity contribution is 6.32. The van der Waals surface area contributed by atoms with E-state index in [1.165, 1.54) is 0 Å². The maximum absolute atomic E-state index is 12.7. The highest BCUT2D eigenvalue weighted by Gasteiger charge is 2.23. The summed E-state index contributed by atoms with van der Waals surface area (Å²) in [5.74, 6) is -0.264. The summed E-state index contributed by atoms with van der Waals surface area (Å²) in [5.41, 5.74) is 2.28. The quantitative estimate of drug-likeness (QED) is 0.760. The lowest BCUT2D eigenvalue weighted by Gasteiger charge is -2.12. The average Bonchev–Trinajstić information content (AvgIpc) is 3.07. The Hall–Kier alpha value is -2.73. The van der Waals surface area contributed by atoms with Crippen LogP contribution in [0.2, 0.25) is 5.02 Å². The summed E-state index contributed by atoms with van der Waals surface area (Å²) in [6, 6.07) is 11.0. The normalized spacial score (nSPS) is 12.0. The van der Waals surface area contributed by atoms with Crippen molar-refractivity contribution in [2.24, 2.45) is 0 Å². The molecule has 25 heavy (non-hydrogen) atoms. The predicted molar refractivity (Wildman–Crippen MR) is 96.8 cm³/mol. The van der Waals surface area contributed by atoms with Crippen LogP contribution in [0.3, 0.4) is 0 Å². The van der Waals surface area contributed by atoms with Gasteiger partial charge in [0.2, 0.25) is 0 Å². The smallest absolute Gasteiger partial charge is 0.274 e. The number of hydrogen-bond acceptors (Lipinski definition) is 4. The Morgan fingerprint density at radius 2 is 1.96 bits per heavy atom. The van der Waals surface area contributed by atoms with E-state index in [0.29, 0.717) is 16.4 Å². The van der Waals surface area contributed by atoms with Crippen LogP contribution < -0.4 is 5.32 Å². The fourth-order valence-electron chi connectivity index (χ4n) is 2.39. The number of benzene rings is 1. The number of amides is 1. The summed E-state index contributed by atoms with van der Waals surface area (Å²) in [5, 5.41) is 11.8. The van der Waals surface area contributed by atoms with Crippen LogP contribution in [0, 0.1) is 0 Å². The van der Waals surface area contributed by atoms with Crippen LogP contribution in [0.15, 0.2) is 48.8 Å². The SMILES string of the molecule is CCC(C)NC(=O)c1nnn(-c2ccccc2Cl)c1-c1ccncc1. The van der Waals surface area contributed by atoms with Gasteiger partial charge in [-0.1, -0.05) is 35.9 Å². The molecular formula is C18H18ClN5O. The molecular weight excluding hydrogens is 338 g/mol. The lowest BCUT2D eigenvalue weighted by molar-refractivity contribution is 0.0935. The van der Waals surface area contributed by atoms with Crippen LogP contribution in [-0.2, 0) is 0 Å². The fourth-order valence-corrected chi connectivity index (χ4v) is 2.61. The molecule has 1 atom stereocenters. The Morgan fingerprint density at radius 1 is 1.24 bits per heavy atom. The van der Waals surface area contributed by atoms with E-state index < -0.39 is 0 Å². The van der Waals surface area contributed by atoms with Gasteiger partial charge in [0.15, 0.2) is 5.69 Å². The molecule has 0 fully saturated rings. The topological polar surface area (TPSA) is 72.7 Å². The molecule has 2 heterocycles. The highest BCUT2D eigenvalue weighted by atomic mass is 35.5. The van der Waals surface area contributed by atoms with Crippen molar-refractivity contribution < 1.29 is 4.79 Å². The number of nitrogens with one attached hydrogen (secondary N) is 1. The van der Waals surface area contributed by atoms with Gasteiger partial charge >= 0.3 is 0 Å². The molecule has 1 amide bonds. The molecule has 2 aromatic heterocycles. The second-order valence-electron chi connectivity index (χ2n) is 5.67. The third-order valence-electron chi connectivity index (χ3n) is 3.91. The minimum atomic E-state index is -0.264. The van der Waals surface area contributed by atoms with Crippen molar-refractivity contribution in [3.05, 3.63) is 59.5 Å². The van der Waals surface area contributed by atoms with E-state index in [4.69, 9.17) is 11.6 Å². The third kappa shape index (κ3) is 3.53. The molecule has 0 bridgehead atoms. The van der Waals surface area contributed by atoms with E-state index in [1.54, 1.807) is 23.1 Å². The van der Waals surface area contributed by atoms with Gasteiger partial charge in [-0.3, -0.25) is 9.78 Å². The fraction of sp³-hybridized carbons (Fsp3) is 0.222. The summed E-state index contributed by atoms with van der Waals surface area (Å²) in [4.78, 5) is 16.7.